The SMILES string of the molecule is Cc1nnc(NC2c3ccccc3CC2Cl)s1. The molecule has 2 atom stereocenters. The molecule has 0 radical (unpaired) electrons. The number of fused-ring (bicyclic) bond motifs is 1. The molecule has 1 N–H and O–H groups in total. The number of hydrogen-bond acceptors (Lipinski definition) is 4. The number of aromatic nitrogens is 2. The molecule has 3 rings (SSSR count). The lowest BCUT2D eigenvalue weighted by Gasteiger charge is -2.16. The molecule has 1 aromatic heterocycles. The van der Waals surface area contributed by atoms with Crippen molar-refractivity contribution >= 4 is 28.1 Å². The molecule has 0 saturated carbocycles. The summed E-state index contributed by atoms with van der Waals surface area (Å²) in [5, 5.41) is 13.4. The number of nitrogens with one attached hydrogen (secondary N) is 1. The number of aryl methyl sites for hydroxylation is 1. The zero-order chi connectivity index (χ0) is 11.8. The van der Waals surface area contributed by atoms with E-state index in [-0.39, 0.29) is 11.4 Å². The Hall–Kier alpha value is -1.13. The van der Waals surface area contributed by atoms with E-state index in [0.29, 0.717) is 0 Å². The summed E-state index contributed by atoms with van der Waals surface area (Å²) in [6, 6.07) is 8.51. The molecule has 1 heterocycles. The van der Waals surface area contributed by atoms with Gasteiger partial charge in [-0.05, 0) is 24.5 Å². The van der Waals surface area contributed by atoms with Crippen molar-refractivity contribution in [2.75, 3.05) is 5.32 Å². The van der Waals surface area contributed by atoms with Gasteiger partial charge in [0.05, 0.1) is 11.4 Å². The average Bonchev–Trinajstić information content (AvgIpc) is 2.85. The lowest BCUT2D eigenvalue weighted by atomic mass is 10.1. The third-order valence-corrected chi connectivity index (χ3v) is 4.15. The van der Waals surface area contributed by atoms with E-state index in [9.17, 15) is 0 Å². The Morgan fingerprint density at radius 1 is 1.35 bits per heavy atom. The summed E-state index contributed by atoms with van der Waals surface area (Å²) in [4.78, 5) is 0. The minimum absolute atomic E-state index is 0.0802. The fourth-order valence-corrected chi connectivity index (χ4v) is 3.20. The van der Waals surface area contributed by atoms with Crippen molar-refractivity contribution in [2.24, 2.45) is 0 Å². The maximum Gasteiger partial charge on any atom is 0.206 e. The Morgan fingerprint density at radius 2 is 2.18 bits per heavy atom. The molecule has 1 aromatic carbocycles. The van der Waals surface area contributed by atoms with Gasteiger partial charge in [-0.2, -0.15) is 0 Å². The first-order valence-electron chi connectivity index (χ1n) is 5.52. The summed E-state index contributed by atoms with van der Waals surface area (Å²) in [7, 11) is 0. The van der Waals surface area contributed by atoms with E-state index in [4.69, 9.17) is 11.6 Å². The quantitative estimate of drug-likeness (QED) is 0.848. The zero-order valence-corrected chi connectivity index (χ0v) is 10.9. The van der Waals surface area contributed by atoms with E-state index < -0.39 is 0 Å². The Bertz CT molecular complexity index is 540. The summed E-state index contributed by atoms with van der Waals surface area (Å²) >= 11 is 7.95. The van der Waals surface area contributed by atoms with E-state index in [2.05, 4.69) is 33.7 Å². The number of benzene rings is 1. The summed E-state index contributed by atoms with van der Waals surface area (Å²) < 4.78 is 0. The Morgan fingerprint density at radius 3 is 2.94 bits per heavy atom. The third-order valence-electron chi connectivity index (χ3n) is 2.97. The van der Waals surface area contributed by atoms with Crippen LogP contribution >= 0.6 is 22.9 Å². The molecule has 2 unspecified atom stereocenters. The molecule has 0 saturated heterocycles. The Balaban J connectivity index is 1.88. The van der Waals surface area contributed by atoms with Crippen molar-refractivity contribution < 1.29 is 0 Å². The first-order chi connectivity index (χ1) is 8.24. The van der Waals surface area contributed by atoms with E-state index in [0.717, 1.165) is 16.6 Å². The minimum atomic E-state index is 0.0802. The van der Waals surface area contributed by atoms with Gasteiger partial charge < -0.3 is 5.32 Å². The monoisotopic (exact) mass is 265 g/mol. The predicted molar refractivity (Wildman–Crippen MR) is 70.8 cm³/mol. The molecule has 0 fully saturated rings. The van der Waals surface area contributed by atoms with E-state index in [1.165, 1.54) is 11.1 Å². The van der Waals surface area contributed by atoms with Crippen LogP contribution in [0.5, 0.6) is 0 Å². The normalized spacial score (nSPS) is 22.5. The molecule has 1 aliphatic rings. The lowest BCUT2D eigenvalue weighted by Crippen LogP contribution is -2.16. The topological polar surface area (TPSA) is 37.8 Å². The first kappa shape index (κ1) is 11.0. The lowest BCUT2D eigenvalue weighted by molar-refractivity contribution is 0.767. The van der Waals surface area contributed by atoms with Gasteiger partial charge >= 0.3 is 0 Å². The molecule has 88 valence electrons. The van der Waals surface area contributed by atoms with Crippen LogP contribution in [-0.4, -0.2) is 15.6 Å². The second-order valence-electron chi connectivity index (χ2n) is 4.17. The van der Waals surface area contributed by atoms with Gasteiger partial charge in [0.1, 0.15) is 5.01 Å². The molecule has 3 nitrogen and oxygen atoms in total. The van der Waals surface area contributed by atoms with Gasteiger partial charge in [0, 0.05) is 0 Å². The van der Waals surface area contributed by atoms with Crippen molar-refractivity contribution in [2.45, 2.75) is 24.8 Å². The molecule has 0 amide bonds. The van der Waals surface area contributed by atoms with Crippen molar-refractivity contribution in [1.82, 2.24) is 10.2 Å². The summed E-state index contributed by atoms with van der Waals surface area (Å²) in [5.74, 6) is 0. The molecule has 17 heavy (non-hydrogen) atoms. The van der Waals surface area contributed by atoms with Gasteiger partial charge in [-0.15, -0.1) is 21.8 Å². The first-order valence-corrected chi connectivity index (χ1v) is 6.78. The largest absolute Gasteiger partial charge is 0.352 e. The second-order valence-corrected chi connectivity index (χ2v) is 5.91. The fraction of sp³-hybridized carbons (Fsp3) is 0.333. The molecule has 0 aliphatic heterocycles. The number of alkyl halides is 1. The Labute approximate surface area is 109 Å². The van der Waals surface area contributed by atoms with Crippen LogP contribution in [0, 0.1) is 6.92 Å². The smallest absolute Gasteiger partial charge is 0.206 e. The number of rotatable bonds is 2. The van der Waals surface area contributed by atoms with Crippen LogP contribution in [0.15, 0.2) is 24.3 Å². The van der Waals surface area contributed by atoms with Gasteiger partial charge in [-0.3, -0.25) is 0 Å². The molecule has 0 spiro atoms. The highest BCUT2D eigenvalue weighted by molar-refractivity contribution is 7.15. The van der Waals surface area contributed by atoms with Gasteiger partial charge in [0.15, 0.2) is 0 Å². The third kappa shape index (κ3) is 2.03. The molecule has 2 aromatic rings. The van der Waals surface area contributed by atoms with Crippen molar-refractivity contribution in [3.05, 3.63) is 40.4 Å². The van der Waals surface area contributed by atoms with Crippen LogP contribution in [0.2, 0.25) is 0 Å². The second kappa shape index (κ2) is 4.27. The van der Waals surface area contributed by atoms with Crippen molar-refractivity contribution in [1.29, 1.82) is 0 Å². The average molecular weight is 266 g/mol. The van der Waals surface area contributed by atoms with Crippen LogP contribution in [0.4, 0.5) is 5.13 Å². The van der Waals surface area contributed by atoms with Gasteiger partial charge in [0.25, 0.3) is 0 Å². The predicted octanol–water partition coefficient (Wildman–Crippen LogP) is 3.16. The highest BCUT2D eigenvalue weighted by atomic mass is 35.5. The van der Waals surface area contributed by atoms with Crippen LogP contribution in [0.1, 0.15) is 22.2 Å². The van der Waals surface area contributed by atoms with Gasteiger partial charge in [0.2, 0.25) is 5.13 Å². The molecule has 0 bridgehead atoms. The molecule has 1 aliphatic carbocycles. The van der Waals surface area contributed by atoms with Gasteiger partial charge in [-0.1, -0.05) is 35.6 Å². The summed E-state index contributed by atoms with van der Waals surface area (Å²) in [6.07, 6.45) is 0.910. The van der Waals surface area contributed by atoms with Gasteiger partial charge in [-0.25, -0.2) is 0 Å². The number of hydrogen-bond donors (Lipinski definition) is 1. The zero-order valence-electron chi connectivity index (χ0n) is 9.35. The van der Waals surface area contributed by atoms with E-state index in [1.807, 2.05) is 13.0 Å². The van der Waals surface area contributed by atoms with E-state index in [1.54, 1.807) is 11.3 Å². The molecular formula is C12H12ClN3S. The summed E-state index contributed by atoms with van der Waals surface area (Å²) in [5.41, 5.74) is 2.60. The summed E-state index contributed by atoms with van der Waals surface area (Å²) in [6.45, 7) is 1.95. The van der Waals surface area contributed by atoms with Crippen molar-refractivity contribution in [3.63, 3.8) is 0 Å². The van der Waals surface area contributed by atoms with E-state index >= 15 is 0 Å². The van der Waals surface area contributed by atoms with Crippen LogP contribution in [0.3, 0.4) is 0 Å². The standard InChI is InChI=1S/C12H12ClN3S/c1-7-15-16-12(17-7)14-11-9-5-3-2-4-8(9)6-10(11)13/h2-5,10-11H,6H2,1H3,(H,14,16). The molecule has 5 heteroatoms. The maximum absolute atomic E-state index is 6.39. The minimum Gasteiger partial charge on any atom is -0.352 e. The van der Waals surface area contributed by atoms with Crippen LogP contribution < -0.4 is 5.32 Å². The highest BCUT2D eigenvalue weighted by Gasteiger charge is 2.31. The molecular weight excluding hydrogens is 254 g/mol. The highest BCUT2D eigenvalue weighted by Crippen LogP contribution is 2.37. The maximum atomic E-state index is 6.39. The van der Waals surface area contributed by atoms with Crippen LogP contribution in [0.25, 0.3) is 0 Å². The fourth-order valence-electron chi connectivity index (χ4n) is 2.20. The number of anilines is 1. The Kier molecular flexibility index (Phi) is 2.76. The van der Waals surface area contributed by atoms with Crippen molar-refractivity contribution in [3.8, 4) is 0 Å². The van der Waals surface area contributed by atoms with Crippen LogP contribution in [-0.2, 0) is 6.42 Å². The number of nitrogens with zero attached hydrogens (tertiary/aromatic N) is 2. The number of halogens is 1.